The lowest BCUT2D eigenvalue weighted by Gasteiger charge is -2.17. The molecule has 0 unspecified atom stereocenters. The fraction of sp³-hybridized carbons (Fsp3) is 0.235. The van der Waals surface area contributed by atoms with Crippen LogP contribution < -0.4 is 10.1 Å². The smallest absolute Gasteiger partial charge is 0.224 e. The molecule has 21 heavy (non-hydrogen) atoms. The highest BCUT2D eigenvalue weighted by Crippen LogP contribution is 2.27. The summed E-state index contributed by atoms with van der Waals surface area (Å²) in [7, 11) is 0. The van der Waals surface area contributed by atoms with Crippen molar-refractivity contribution in [3.05, 3.63) is 54.1 Å². The molecule has 1 amide bonds. The highest BCUT2D eigenvalue weighted by Gasteiger charge is 2.14. The molecule has 4 heteroatoms. The van der Waals surface area contributed by atoms with Crippen molar-refractivity contribution in [1.29, 1.82) is 0 Å². The largest absolute Gasteiger partial charge is 0.493 e. The van der Waals surface area contributed by atoms with E-state index in [1.165, 1.54) is 10.5 Å². The van der Waals surface area contributed by atoms with Gasteiger partial charge in [0, 0.05) is 28.8 Å². The van der Waals surface area contributed by atoms with Crippen molar-refractivity contribution < 1.29 is 9.53 Å². The zero-order valence-corrected chi connectivity index (χ0v) is 12.5. The third-order valence-corrected chi connectivity index (χ3v) is 4.32. The standard InChI is InChI=1S/C17H17NO2S/c19-17-9-7-13-6-8-14(12-16(13)18-17)20-10-11-21-15-4-2-1-3-5-15/h1-6,8,12H,7,9-11H2,(H,18,19). The lowest BCUT2D eigenvalue weighted by atomic mass is 10.0. The lowest BCUT2D eigenvalue weighted by molar-refractivity contribution is -0.116. The molecule has 2 aromatic carbocycles. The summed E-state index contributed by atoms with van der Waals surface area (Å²) >= 11 is 1.77. The van der Waals surface area contributed by atoms with E-state index in [0.29, 0.717) is 13.0 Å². The Kier molecular flexibility index (Phi) is 4.46. The molecule has 3 rings (SSSR count). The number of thioether (sulfide) groups is 1. The molecule has 108 valence electrons. The third-order valence-electron chi connectivity index (χ3n) is 3.34. The molecule has 1 heterocycles. The van der Waals surface area contributed by atoms with Crippen LogP contribution in [0.3, 0.4) is 0 Å². The van der Waals surface area contributed by atoms with Gasteiger partial charge in [-0.1, -0.05) is 24.3 Å². The van der Waals surface area contributed by atoms with Crippen LogP contribution in [0, 0.1) is 0 Å². The molecule has 0 fully saturated rings. The average Bonchev–Trinajstić information content (AvgIpc) is 2.52. The first-order valence-electron chi connectivity index (χ1n) is 7.05. The molecule has 0 radical (unpaired) electrons. The maximum Gasteiger partial charge on any atom is 0.224 e. The Labute approximate surface area is 128 Å². The van der Waals surface area contributed by atoms with Crippen molar-refractivity contribution in [3.63, 3.8) is 0 Å². The zero-order valence-electron chi connectivity index (χ0n) is 11.7. The number of amides is 1. The summed E-state index contributed by atoms with van der Waals surface area (Å²) in [6.45, 7) is 0.645. The van der Waals surface area contributed by atoms with E-state index in [1.54, 1.807) is 11.8 Å². The minimum Gasteiger partial charge on any atom is -0.493 e. The van der Waals surface area contributed by atoms with Crippen LogP contribution in [0.2, 0.25) is 0 Å². The number of hydrogen-bond donors (Lipinski definition) is 1. The highest BCUT2D eigenvalue weighted by atomic mass is 32.2. The van der Waals surface area contributed by atoms with Gasteiger partial charge in [0.1, 0.15) is 5.75 Å². The summed E-state index contributed by atoms with van der Waals surface area (Å²) in [6.07, 6.45) is 1.38. The SMILES string of the molecule is O=C1CCc2ccc(OCCSc3ccccc3)cc2N1. The Balaban J connectivity index is 1.52. The van der Waals surface area contributed by atoms with Gasteiger partial charge < -0.3 is 10.1 Å². The number of ether oxygens (including phenoxy) is 1. The number of rotatable bonds is 5. The van der Waals surface area contributed by atoms with E-state index in [1.807, 2.05) is 36.4 Å². The Morgan fingerprint density at radius 1 is 1.10 bits per heavy atom. The van der Waals surface area contributed by atoms with Crippen LogP contribution in [-0.4, -0.2) is 18.3 Å². The number of aryl methyl sites for hydroxylation is 1. The van der Waals surface area contributed by atoms with Crippen molar-refractivity contribution in [3.8, 4) is 5.75 Å². The Morgan fingerprint density at radius 3 is 2.81 bits per heavy atom. The first kappa shape index (κ1) is 14.0. The van der Waals surface area contributed by atoms with Crippen molar-refractivity contribution in [2.75, 3.05) is 17.7 Å². The predicted octanol–water partition coefficient (Wildman–Crippen LogP) is 3.74. The maximum absolute atomic E-state index is 11.4. The van der Waals surface area contributed by atoms with Gasteiger partial charge in [0.05, 0.1) is 6.61 Å². The van der Waals surface area contributed by atoms with Gasteiger partial charge in [0.2, 0.25) is 5.91 Å². The van der Waals surface area contributed by atoms with Crippen molar-refractivity contribution >= 4 is 23.4 Å². The van der Waals surface area contributed by atoms with Crippen molar-refractivity contribution in [1.82, 2.24) is 0 Å². The number of carbonyl (C=O) groups is 1. The van der Waals surface area contributed by atoms with Crippen LogP contribution in [0.5, 0.6) is 5.75 Å². The fourth-order valence-electron chi connectivity index (χ4n) is 2.28. The molecule has 0 atom stereocenters. The van der Waals surface area contributed by atoms with E-state index < -0.39 is 0 Å². The minimum atomic E-state index is 0.0827. The Bertz CT molecular complexity index is 628. The molecule has 0 aliphatic carbocycles. The van der Waals surface area contributed by atoms with Gasteiger partial charge in [0.15, 0.2) is 0 Å². The topological polar surface area (TPSA) is 38.3 Å². The first-order chi connectivity index (χ1) is 10.3. The average molecular weight is 299 g/mol. The second-order valence-corrected chi connectivity index (χ2v) is 6.05. The Hall–Kier alpha value is -1.94. The second kappa shape index (κ2) is 6.68. The van der Waals surface area contributed by atoms with Gasteiger partial charge >= 0.3 is 0 Å². The van der Waals surface area contributed by atoms with Crippen LogP contribution in [0.4, 0.5) is 5.69 Å². The monoisotopic (exact) mass is 299 g/mol. The van der Waals surface area contributed by atoms with Gasteiger partial charge in [0.25, 0.3) is 0 Å². The number of carbonyl (C=O) groups excluding carboxylic acids is 1. The van der Waals surface area contributed by atoms with Crippen molar-refractivity contribution in [2.24, 2.45) is 0 Å². The van der Waals surface area contributed by atoms with Gasteiger partial charge in [-0.3, -0.25) is 4.79 Å². The van der Waals surface area contributed by atoms with Crippen LogP contribution in [0.1, 0.15) is 12.0 Å². The van der Waals surface area contributed by atoms with Gasteiger partial charge in [-0.15, -0.1) is 11.8 Å². The number of anilines is 1. The second-order valence-electron chi connectivity index (χ2n) is 4.88. The minimum absolute atomic E-state index is 0.0827. The number of fused-ring (bicyclic) bond motifs is 1. The van der Waals surface area contributed by atoms with E-state index >= 15 is 0 Å². The lowest BCUT2D eigenvalue weighted by Crippen LogP contribution is -2.18. The summed E-state index contributed by atoms with van der Waals surface area (Å²) < 4.78 is 5.76. The molecule has 1 aliphatic heterocycles. The molecule has 1 N–H and O–H groups in total. The summed E-state index contributed by atoms with van der Waals surface area (Å²) in [5.41, 5.74) is 2.07. The van der Waals surface area contributed by atoms with E-state index in [9.17, 15) is 4.79 Å². The number of nitrogens with one attached hydrogen (secondary N) is 1. The molecular formula is C17H17NO2S. The molecule has 0 bridgehead atoms. The maximum atomic E-state index is 11.4. The molecule has 0 saturated carbocycles. The van der Waals surface area contributed by atoms with E-state index in [2.05, 4.69) is 17.4 Å². The molecule has 2 aromatic rings. The summed E-state index contributed by atoms with van der Waals surface area (Å²) in [6, 6.07) is 16.2. The number of benzene rings is 2. The van der Waals surface area contributed by atoms with Crippen LogP contribution >= 0.6 is 11.8 Å². The molecular weight excluding hydrogens is 282 g/mol. The summed E-state index contributed by atoms with van der Waals surface area (Å²) in [4.78, 5) is 12.6. The fourth-order valence-corrected chi connectivity index (χ4v) is 3.03. The van der Waals surface area contributed by atoms with E-state index in [4.69, 9.17) is 4.74 Å². The molecule has 3 nitrogen and oxygen atoms in total. The first-order valence-corrected chi connectivity index (χ1v) is 8.03. The van der Waals surface area contributed by atoms with Crippen LogP contribution in [-0.2, 0) is 11.2 Å². The summed E-state index contributed by atoms with van der Waals surface area (Å²) in [5.74, 6) is 1.79. The normalized spacial score (nSPS) is 13.4. The zero-order chi connectivity index (χ0) is 14.5. The third kappa shape index (κ3) is 3.79. The quantitative estimate of drug-likeness (QED) is 0.675. The highest BCUT2D eigenvalue weighted by molar-refractivity contribution is 7.99. The van der Waals surface area contributed by atoms with Gasteiger partial charge in [-0.25, -0.2) is 0 Å². The summed E-state index contributed by atoms with van der Waals surface area (Å²) in [5, 5.41) is 2.89. The molecule has 1 aliphatic rings. The molecule has 0 aromatic heterocycles. The van der Waals surface area contributed by atoms with E-state index in [-0.39, 0.29) is 5.91 Å². The van der Waals surface area contributed by atoms with Crippen LogP contribution in [0.25, 0.3) is 0 Å². The van der Waals surface area contributed by atoms with Crippen molar-refractivity contribution in [2.45, 2.75) is 17.7 Å². The Morgan fingerprint density at radius 2 is 1.95 bits per heavy atom. The number of hydrogen-bond acceptors (Lipinski definition) is 3. The van der Waals surface area contributed by atoms with Gasteiger partial charge in [-0.05, 0) is 30.2 Å². The van der Waals surface area contributed by atoms with Gasteiger partial charge in [-0.2, -0.15) is 0 Å². The predicted molar refractivity (Wildman–Crippen MR) is 86.1 cm³/mol. The van der Waals surface area contributed by atoms with E-state index in [0.717, 1.165) is 23.6 Å². The van der Waals surface area contributed by atoms with Crippen LogP contribution in [0.15, 0.2) is 53.4 Å². The molecule has 0 saturated heterocycles. The molecule has 0 spiro atoms.